The molecule has 2 saturated heterocycles. The van der Waals surface area contributed by atoms with E-state index in [4.69, 9.17) is 14.6 Å². The fourth-order valence-electron chi connectivity index (χ4n) is 3.25. The molecule has 2 aliphatic heterocycles. The van der Waals surface area contributed by atoms with Crippen LogP contribution in [0, 0.1) is 5.82 Å². The van der Waals surface area contributed by atoms with Gasteiger partial charge in [0.05, 0.1) is 18.8 Å². The summed E-state index contributed by atoms with van der Waals surface area (Å²) >= 11 is 0. The maximum Gasteiger partial charge on any atom is 0.414 e. The molecule has 0 aromatic heterocycles. The minimum atomic E-state index is -1.03. The molecule has 2 fully saturated rings. The molecule has 1 aromatic rings. The number of benzene rings is 1. The second-order valence-electron chi connectivity index (χ2n) is 7.11. The van der Waals surface area contributed by atoms with Crippen molar-refractivity contribution < 1.29 is 38.1 Å². The van der Waals surface area contributed by atoms with Crippen LogP contribution in [0.5, 0.6) is 5.75 Å². The van der Waals surface area contributed by atoms with Gasteiger partial charge in [-0.1, -0.05) is 0 Å². The van der Waals surface area contributed by atoms with E-state index >= 15 is 0 Å². The highest BCUT2D eigenvalue weighted by molar-refractivity contribution is 5.90. The third-order valence-electron chi connectivity index (χ3n) is 4.93. The van der Waals surface area contributed by atoms with Crippen LogP contribution in [0.15, 0.2) is 18.2 Å². The summed E-state index contributed by atoms with van der Waals surface area (Å²) < 4.78 is 24.9. The van der Waals surface area contributed by atoms with Crippen LogP contribution in [0.25, 0.3) is 0 Å². The van der Waals surface area contributed by atoms with E-state index in [9.17, 15) is 23.6 Å². The van der Waals surface area contributed by atoms with E-state index in [2.05, 4.69) is 5.32 Å². The normalized spacial score (nSPS) is 18.6. The van der Waals surface area contributed by atoms with Crippen molar-refractivity contribution in [3.63, 3.8) is 0 Å². The number of rotatable bonds is 6. The van der Waals surface area contributed by atoms with Crippen LogP contribution in [0.4, 0.5) is 19.7 Å². The second kappa shape index (κ2) is 9.49. The summed E-state index contributed by atoms with van der Waals surface area (Å²) in [6.07, 6.45) is -2.23. The Morgan fingerprint density at radius 1 is 1.23 bits per heavy atom. The fourth-order valence-corrected chi connectivity index (χ4v) is 3.25. The van der Waals surface area contributed by atoms with E-state index in [0.717, 1.165) is 6.07 Å². The number of ether oxygens (including phenoxy) is 2. The number of cyclic esters (lactones) is 1. The summed E-state index contributed by atoms with van der Waals surface area (Å²) in [6, 6.07) is 3.89. The molecule has 31 heavy (non-hydrogen) atoms. The molecule has 0 unspecified atom stereocenters. The van der Waals surface area contributed by atoms with Crippen molar-refractivity contribution in [1.82, 2.24) is 15.1 Å². The molecule has 2 N–H and O–H groups in total. The highest BCUT2D eigenvalue weighted by Crippen LogP contribution is 2.27. The predicted molar refractivity (Wildman–Crippen MR) is 104 cm³/mol. The van der Waals surface area contributed by atoms with Crippen LogP contribution >= 0.6 is 0 Å². The van der Waals surface area contributed by atoms with Crippen molar-refractivity contribution in [1.29, 1.82) is 0 Å². The molecule has 1 atom stereocenters. The van der Waals surface area contributed by atoms with E-state index in [1.807, 2.05) is 0 Å². The standard InChI is InChI=1S/C19H23FN4O7/c1-12(25)21-9-14-10-24(19(29)31-14)13-2-3-16(15(20)8-13)30-11-17(26)22-4-6-23(7-5-22)18(27)28/h2-3,8,14H,4-7,9-11H2,1H3,(H,21,25)(H,27,28)/t14-/m0/s1. The Balaban J connectivity index is 1.53. The van der Waals surface area contributed by atoms with Gasteiger partial charge in [0.1, 0.15) is 6.10 Å². The largest absolute Gasteiger partial charge is 0.481 e. The Bertz CT molecular complexity index is 873. The predicted octanol–water partition coefficient (Wildman–Crippen LogP) is 0.488. The second-order valence-corrected chi connectivity index (χ2v) is 7.11. The van der Waals surface area contributed by atoms with Gasteiger partial charge in [-0.2, -0.15) is 0 Å². The zero-order chi connectivity index (χ0) is 22.5. The molecule has 4 amide bonds. The van der Waals surface area contributed by atoms with E-state index in [1.54, 1.807) is 0 Å². The minimum absolute atomic E-state index is 0.149. The summed E-state index contributed by atoms with van der Waals surface area (Å²) in [5.74, 6) is -1.53. The Kier molecular flexibility index (Phi) is 6.78. The molecule has 2 heterocycles. The SMILES string of the molecule is CC(=O)NC[C@H]1CN(c2ccc(OCC(=O)N3CCN(C(=O)O)CC3)c(F)c2)C(=O)O1. The van der Waals surface area contributed by atoms with Gasteiger partial charge in [-0.3, -0.25) is 14.5 Å². The lowest BCUT2D eigenvalue weighted by molar-refractivity contribution is -0.135. The average molecular weight is 438 g/mol. The lowest BCUT2D eigenvalue weighted by atomic mass is 10.2. The number of hydrogen-bond donors (Lipinski definition) is 2. The summed E-state index contributed by atoms with van der Waals surface area (Å²) in [5, 5.41) is 11.5. The van der Waals surface area contributed by atoms with Crippen LogP contribution in [-0.4, -0.2) is 90.9 Å². The number of halogens is 1. The van der Waals surface area contributed by atoms with Gasteiger partial charge in [0.25, 0.3) is 5.91 Å². The quantitative estimate of drug-likeness (QED) is 0.661. The lowest BCUT2D eigenvalue weighted by Gasteiger charge is -2.33. The molecule has 0 aliphatic carbocycles. The van der Waals surface area contributed by atoms with E-state index in [0.29, 0.717) is 0 Å². The third kappa shape index (κ3) is 5.53. The van der Waals surface area contributed by atoms with Crippen LogP contribution in [0.2, 0.25) is 0 Å². The maximum atomic E-state index is 14.5. The average Bonchev–Trinajstić information content (AvgIpc) is 3.11. The first-order valence-corrected chi connectivity index (χ1v) is 9.65. The number of amides is 4. The molecule has 2 aliphatic rings. The maximum absolute atomic E-state index is 14.5. The molecule has 1 aromatic carbocycles. The highest BCUT2D eigenvalue weighted by atomic mass is 19.1. The molecule has 0 spiro atoms. The first kappa shape index (κ1) is 22.1. The minimum Gasteiger partial charge on any atom is -0.481 e. The molecular formula is C19H23FN4O7. The van der Waals surface area contributed by atoms with Gasteiger partial charge in [0.15, 0.2) is 18.2 Å². The van der Waals surface area contributed by atoms with Crippen molar-refractivity contribution in [2.45, 2.75) is 13.0 Å². The molecule has 11 nitrogen and oxygen atoms in total. The lowest BCUT2D eigenvalue weighted by Crippen LogP contribution is -2.51. The fraction of sp³-hybridized carbons (Fsp3) is 0.474. The first-order chi connectivity index (χ1) is 14.7. The Morgan fingerprint density at radius 3 is 2.52 bits per heavy atom. The van der Waals surface area contributed by atoms with Crippen LogP contribution in [-0.2, 0) is 14.3 Å². The molecule has 168 valence electrons. The number of hydrogen-bond acceptors (Lipinski definition) is 6. The van der Waals surface area contributed by atoms with E-state index in [1.165, 1.54) is 33.8 Å². The Morgan fingerprint density at radius 2 is 1.90 bits per heavy atom. The van der Waals surface area contributed by atoms with Gasteiger partial charge in [0.2, 0.25) is 5.91 Å². The van der Waals surface area contributed by atoms with Gasteiger partial charge in [-0.25, -0.2) is 14.0 Å². The zero-order valence-corrected chi connectivity index (χ0v) is 16.9. The Labute approximate surface area is 177 Å². The van der Waals surface area contributed by atoms with Gasteiger partial charge in [0, 0.05) is 39.2 Å². The summed E-state index contributed by atoms with van der Waals surface area (Å²) in [7, 11) is 0. The number of piperazine rings is 1. The monoisotopic (exact) mass is 438 g/mol. The topological polar surface area (TPSA) is 129 Å². The molecular weight excluding hydrogens is 415 g/mol. The van der Waals surface area contributed by atoms with Crippen molar-refractivity contribution >= 4 is 29.7 Å². The van der Waals surface area contributed by atoms with E-state index in [-0.39, 0.29) is 62.5 Å². The number of nitrogens with one attached hydrogen (secondary N) is 1. The number of carbonyl (C=O) groups excluding carboxylic acids is 3. The number of carbonyl (C=O) groups is 4. The van der Waals surface area contributed by atoms with Crippen LogP contribution in [0.1, 0.15) is 6.92 Å². The smallest absolute Gasteiger partial charge is 0.414 e. The first-order valence-electron chi connectivity index (χ1n) is 9.65. The number of carboxylic acid groups (broad SMARTS) is 1. The van der Waals surface area contributed by atoms with Crippen LogP contribution < -0.4 is 15.0 Å². The van der Waals surface area contributed by atoms with Crippen molar-refractivity contribution in [2.75, 3.05) is 50.8 Å². The summed E-state index contributed by atoms with van der Waals surface area (Å²) in [6.45, 7) is 2.16. The van der Waals surface area contributed by atoms with Gasteiger partial charge in [-0.05, 0) is 12.1 Å². The van der Waals surface area contributed by atoms with Crippen molar-refractivity contribution in [3.05, 3.63) is 24.0 Å². The number of nitrogens with zero attached hydrogens (tertiary/aromatic N) is 3. The van der Waals surface area contributed by atoms with Crippen molar-refractivity contribution in [2.24, 2.45) is 0 Å². The third-order valence-corrected chi connectivity index (χ3v) is 4.93. The van der Waals surface area contributed by atoms with Crippen molar-refractivity contribution in [3.8, 4) is 5.75 Å². The van der Waals surface area contributed by atoms with Gasteiger partial charge in [-0.15, -0.1) is 0 Å². The zero-order valence-electron chi connectivity index (χ0n) is 16.9. The molecule has 0 saturated carbocycles. The highest BCUT2D eigenvalue weighted by Gasteiger charge is 2.33. The van der Waals surface area contributed by atoms with Gasteiger partial charge >= 0.3 is 12.2 Å². The molecule has 12 heteroatoms. The molecule has 3 rings (SSSR count). The van der Waals surface area contributed by atoms with Crippen LogP contribution in [0.3, 0.4) is 0 Å². The Hall–Kier alpha value is -3.57. The van der Waals surface area contributed by atoms with E-state index < -0.39 is 30.7 Å². The van der Waals surface area contributed by atoms with Gasteiger partial charge < -0.3 is 29.7 Å². The summed E-state index contributed by atoms with van der Waals surface area (Å²) in [5.41, 5.74) is 0.260. The molecule has 0 bridgehead atoms. The molecule has 0 radical (unpaired) electrons. The summed E-state index contributed by atoms with van der Waals surface area (Å²) in [4.78, 5) is 50.1. The number of anilines is 1.